The van der Waals surface area contributed by atoms with Crippen LogP contribution in [0, 0.1) is 0 Å². The predicted molar refractivity (Wildman–Crippen MR) is 110 cm³/mol. The van der Waals surface area contributed by atoms with Crippen LogP contribution in [0.4, 0.5) is 5.69 Å². The molecule has 0 aliphatic heterocycles. The molecule has 0 radical (unpaired) electrons. The van der Waals surface area contributed by atoms with Crippen molar-refractivity contribution in [3.05, 3.63) is 64.0 Å². The summed E-state index contributed by atoms with van der Waals surface area (Å²) in [4.78, 5) is 14.6. The summed E-state index contributed by atoms with van der Waals surface area (Å²) in [5, 5.41) is 9.47. The molecule has 0 aliphatic carbocycles. The third-order valence-corrected chi connectivity index (χ3v) is 4.82. The fraction of sp³-hybridized carbons (Fsp3) is 0.190. The Bertz CT molecular complexity index is 1190. The van der Waals surface area contributed by atoms with Gasteiger partial charge < -0.3 is 13.7 Å². The van der Waals surface area contributed by atoms with Crippen LogP contribution in [0.25, 0.3) is 33.9 Å². The summed E-state index contributed by atoms with van der Waals surface area (Å²) in [5.74, 6) is 0.461. The summed E-state index contributed by atoms with van der Waals surface area (Å²) in [6.07, 6.45) is 0. The second-order valence-corrected chi connectivity index (χ2v) is 6.67. The number of hydrogen-bond donors (Lipinski definition) is 0. The molecule has 0 amide bonds. The molecule has 4 aromatic rings. The fourth-order valence-electron chi connectivity index (χ4n) is 3.18. The molecular weight excluding hydrogens is 378 g/mol. The highest BCUT2D eigenvalue weighted by Crippen LogP contribution is 2.31. The summed E-state index contributed by atoms with van der Waals surface area (Å²) in [5.41, 5.74) is 1.93. The summed E-state index contributed by atoms with van der Waals surface area (Å²) < 4.78 is 11.2. The third-order valence-electron chi connectivity index (χ3n) is 4.59. The Morgan fingerprint density at radius 1 is 0.929 bits per heavy atom. The van der Waals surface area contributed by atoms with Gasteiger partial charge in [0.1, 0.15) is 11.1 Å². The van der Waals surface area contributed by atoms with Crippen LogP contribution < -0.4 is 10.5 Å². The molecule has 142 valence electrons. The zero-order valence-corrected chi connectivity index (χ0v) is 16.2. The standard InChI is InChI=1S/C21H18ClN3O3/c1-3-25(4-2)17-8-6-5-7-15(17)19-23-24-20(28-19)16-12-13-11-14(22)9-10-18(13)27-21(16)26/h5-12H,3-4H2,1-2H3. The van der Waals surface area contributed by atoms with Crippen molar-refractivity contribution in [2.45, 2.75) is 13.8 Å². The van der Waals surface area contributed by atoms with Crippen LogP contribution in [0.15, 0.2) is 62.2 Å². The smallest absolute Gasteiger partial charge is 0.349 e. The van der Waals surface area contributed by atoms with Crippen molar-refractivity contribution in [2.24, 2.45) is 0 Å². The van der Waals surface area contributed by atoms with E-state index in [9.17, 15) is 4.79 Å². The predicted octanol–water partition coefficient (Wildman–Crippen LogP) is 5.01. The number of halogens is 1. The van der Waals surface area contributed by atoms with Crippen LogP contribution in [0.1, 0.15) is 13.8 Å². The molecule has 2 aromatic carbocycles. The molecule has 0 fully saturated rings. The summed E-state index contributed by atoms with van der Waals surface area (Å²) in [6.45, 7) is 5.88. The van der Waals surface area contributed by atoms with Crippen molar-refractivity contribution in [1.29, 1.82) is 0 Å². The van der Waals surface area contributed by atoms with Gasteiger partial charge in [0, 0.05) is 29.2 Å². The molecule has 0 aliphatic rings. The van der Waals surface area contributed by atoms with E-state index >= 15 is 0 Å². The van der Waals surface area contributed by atoms with Crippen LogP contribution in [0.2, 0.25) is 5.02 Å². The maximum absolute atomic E-state index is 12.4. The van der Waals surface area contributed by atoms with E-state index in [-0.39, 0.29) is 11.5 Å². The molecule has 0 unspecified atom stereocenters. The van der Waals surface area contributed by atoms with E-state index in [1.807, 2.05) is 24.3 Å². The highest BCUT2D eigenvalue weighted by Gasteiger charge is 2.19. The zero-order chi connectivity index (χ0) is 19.7. The first-order valence-electron chi connectivity index (χ1n) is 9.02. The average molecular weight is 396 g/mol. The number of benzene rings is 2. The van der Waals surface area contributed by atoms with Crippen LogP contribution in [-0.2, 0) is 0 Å². The largest absolute Gasteiger partial charge is 0.422 e. The second-order valence-electron chi connectivity index (χ2n) is 6.23. The highest BCUT2D eigenvalue weighted by atomic mass is 35.5. The Hall–Kier alpha value is -3.12. The van der Waals surface area contributed by atoms with E-state index in [4.69, 9.17) is 20.4 Å². The topological polar surface area (TPSA) is 72.4 Å². The molecule has 0 bridgehead atoms. The van der Waals surface area contributed by atoms with Gasteiger partial charge in [-0.2, -0.15) is 0 Å². The van der Waals surface area contributed by atoms with Crippen molar-refractivity contribution in [2.75, 3.05) is 18.0 Å². The minimum atomic E-state index is -0.540. The Kier molecular flexibility index (Phi) is 4.88. The molecule has 6 nitrogen and oxygen atoms in total. The SMILES string of the molecule is CCN(CC)c1ccccc1-c1nnc(-c2cc3cc(Cl)ccc3oc2=O)o1. The van der Waals surface area contributed by atoms with Crippen LogP contribution in [0.5, 0.6) is 0 Å². The van der Waals surface area contributed by atoms with Crippen LogP contribution >= 0.6 is 11.6 Å². The van der Waals surface area contributed by atoms with Gasteiger partial charge in [0.15, 0.2) is 0 Å². The Morgan fingerprint density at radius 3 is 2.39 bits per heavy atom. The lowest BCUT2D eigenvalue weighted by atomic mass is 10.1. The number of aromatic nitrogens is 2. The molecular formula is C21H18ClN3O3. The van der Waals surface area contributed by atoms with E-state index in [1.54, 1.807) is 24.3 Å². The first-order valence-corrected chi connectivity index (χ1v) is 9.40. The summed E-state index contributed by atoms with van der Waals surface area (Å²) in [7, 11) is 0. The molecule has 7 heteroatoms. The monoisotopic (exact) mass is 395 g/mol. The van der Waals surface area contributed by atoms with Crippen LogP contribution in [-0.4, -0.2) is 23.3 Å². The van der Waals surface area contributed by atoms with Crippen LogP contribution in [0.3, 0.4) is 0 Å². The van der Waals surface area contributed by atoms with Gasteiger partial charge in [-0.3, -0.25) is 0 Å². The maximum Gasteiger partial charge on any atom is 0.349 e. The van der Waals surface area contributed by atoms with Crippen molar-refractivity contribution in [3.63, 3.8) is 0 Å². The third kappa shape index (κ3) is 3.27. The van der Waals surface area contributed by atoms with Crippen molar-refractivity contribution in [1.82, 2.24) is 10.2 Å². The number of hydrogen-bond acceptors (Lipinski definition) is 6. The number of anilines is 1. The number of rotatable bonds is 5. The highest BCUT2D eigenvalue weighted by molar-refractivity contribution is 6.31. The van der Waals surface area contributed by atoms with Crippen molar-refractivity contribution >= 4 is 28.3 Å². The Balaban J connectivity index is 1.80. The Labute approximate surface area is 166 Å². The number of para-hydroxylation sites is 1. The summed E-state index contributed by atoms with van der Waals surface area (Å²) in [6, 6.07) is 14.5. The normalized spacial score (nSPS) is 11.1. The minimum absolute atomic E-state index is 0.111. The molecule has 4 rings (SSSR count). The average Bonchev–Trinajstić information content (AvgIpc) is 3.19. The lowest BCUT2D eigenvalue weighted by Gasteiger charge is -2.22. The van der Waals surface area contributed by atoms with Gasteiger partial charge in [-0.05, 0) is 50.2 Å². The van der Waals surface area contributed by atoms with Gasteiger partial charge in [-0.15, -0.1) is 10.2 Å². The van der Waals surface area contributed by atoms with E-state index in [2.05, 4.69) is 28.9 Å². The molecule has 0 saturated heterocycles. The first kappa shape index (κ1) is 18.3. The lowest BCUT2D eigenvalue weighted by molar-refractivity contribution is 0.547. The first-order chi connectivity index (χ1) is 13.6. The van der Waals surface area contributed by atoms with E-state index in [0.717, 1.165) is 24.3 Å². The molecule has 2 heterocycles. The van der Waals surface area contributed by atoms with Gasteiger partial charge in [0.2, 0.25) is 5.89 Å². The van der Waals surface area contributed by atoms with E-state index in [1.165, 1.54) is 0 Å². The van der Waals surface area contributed by atoms with Crippen molar-refractivity contribution in [3.8, 4) is 22.9 Å². The van der Waals surface area contributed by atoms with Crippen molar-refractivity contribution < 1.29 is 8.83 Å². The van der Waals surface area contributed by atoms with Gasteiger partial charge in [0.05, 0.1) is 5.56 Å². The quantitative estimate of drug-likeness (QED) is 0.442. The summed E-state index contributed by atoms with van der Waals surface area (Å²) >= 11 is 6.04. The molecule has 0 spiro atoms. The molecule has 0 atom stereocenters. The fourth-order valence-corrected chi connectivity index (χ4v) is 3.36. The molecule has 28 heavy (non-hydrogen) atoms. The second kappa shape index (κ2) is 7.48. The number of fused-ring (bicyclic) bond motifs is 1. The van der Waals surface area contributed by atoms with E-state index < -0.39 is 5.63 Å². The number of nitrogens with zero attached hydrogens (tertiary/aromatic N) is 3. The molecule has 0 saturated carbocycles. The van der Waals surface area contributed by atoms with Gasteiger partial charge in [-0.25, -0.2) is 4.79 Å². The maximum atomic E-state index is 12.4. The molecule has 2 aromatic heterocycles. The Morgan fingerprint density at radius 2 is 1.64 bits per heavy atom. The zero-order valence-electron chi connectivity index (χ0n) is 15.5. The lowest BCUT2D eigenvalue weighted by Crippen LogP contribution is -2.22. The van der Waals surface area contributed by atoms with Gasteiger partial charge in [-0.1, -0.05) is 23.7 Å². The minimum Gasteiger partial charge on any atom is -0.422 e. The van der Waals surface area contributed by atoms with Gasteiger partial charge in [0.25, 0.3) is 5.89 Å². The van der Waals surface area contributed by atoms with E-state index in [0.29, 0.717) is 21.9 Å². The molecule has 0 N–H and O–H groups in total. The van der Waals surface area contributed by atoms with Gasteiger partial charge >= 0.3 is 5.63 Å².